The first-order valence-electron chi connectivity index (χ1n) is 15.4. The number of halogens is 1. The Morgan fingerprint density at radius 3 is 2.34 bits per heavy atom. The zero-order valence-electron chi connectivity index (χ0n) is 28.0. The molecule has 5 N–H and O–H groups in total. The van der Waals surface area contributed by atoms with Crippen molar-refractivity contribution in [1.82, 2.24) is 25.7 Å². The van der Waals surface area contributed by atoms with Gasteiger partial charge in [0.1, 0.15) is 11.6 Å². The van der Waals surface area contributed by atoms with Crippen molar-refractivity contribution in [2.24, 2.45) is 17.8 Å². The third kappa shape index (κ3) is 16.4. The van der Waals surface area contributed by atoms with Gasteiger partial charge in [-0.25, -0.2) is 0 Å². The average Bonchev–Trinajstić information content (AvgIpc) is 3.84. The fourth-order valence-corrected chi connectivity index (χ4v) is 4.49. The first-order valence-corrected chi connectivity index (χ1v) is 16.4. The van der Waals surface area contributed by atoms with Gasteiger partial charge in [-0.3, -0.25) is 24.0 Å². The molecule has 47 heavy (non-hydrogen) atoms. The maximum atomic E-state index is 12.1. The van der Waals surface area contributed by atoms with Crippen molar-refractivity contribution >= 4 is 65.0 Å². The number of rotatable bonds is 15. The molecule has 0 aliphatic heterocycles. The third-order valence-corrected chi connectivity index (χ3v) is 7.40. The predicted molar refractivity (Wildman–Crippen MR) is 194 cm³/mol. The summed E-state index contributed by atoms with van der Waals surface area (Å²) < 4.78 is 7.48. The summed E-state index contributed by atoms with van der Waals surface area (Å²) in [7, 11) is 3.17. The van der Waals surface area contributed by atoms with E-state index in [2.05, 4.69) is 58.6 Å². The molecule has 1 fully saturated rings. The molecule has 3 atom stereocenters. The van der Waals surface area contributed by atoms with E-state index < -0.39 is 0 Å². The Kier molecular flexibility index (Phi) is 23.0. The van der Waals surface area contributed by atoms with Crippen LogP contribution in [0.3, 0.4) is 0 Å². The minimum atomic E-state index is -0.241. The summed E-state index contributed by atoms with van der Waals surface area (Å²) in [4.78, 5) is 58.5. The molecule has 2 aromatic rings. The number of methoxy groups -OCH3 is 1. The van der Waals surface area contributed by atoms with Crippen molar-refractivity contribution in [3.05, 3.63) is 71.6 Å². The smallest absolute Gasteiger partial charge is 0.234 e. The van der Waals surface area contributed by atoms with Crippen LogP contribution in [-0.4, -0.2) is 62.2 Å². The monoisotopic (exact) mass is 691 g/mol. The van der Waals surface area contributed by atoms with Crippen LogP contribution in [0.25, 0.3) is 16.5 Å². The van der Waals surface area contributed by atoms with Crippen LogP contribution < -0.4 is 30.8 Å². The Labute approximate surface area is 288 Å². The molecule has 1 aliphatic rings. The molecule has 260 valence electrons. The van der Waals surface area contributed by atoms with Gasteiger partial charge < -0.3 is 30.4 Å². The number of hydrogen-bond donors (Lipinski definition) is 6. The predicted octanol–water partition coefficient (Wildman–Crippen LogP) is 4.54. The van der Waals surface area contributed by atoms with E-state index >= 15 is 0 Å². The van der Waals surface area contributed by atoms with E-state index in [9.17, 15) is 24.0 Å². The summed E-state index contributed by atoms with van der Waals surface area (Å²) in [6.45, 7) is 14.4. The minimum Gasteiger partial charge on any atom is -0.497 e. The average molecular weight is 692 g/mol. The number of thiol groups is 1. The molecule has 3 unspecified atom stereocenters. The molecule has 1 aromatic carbocycles. The van der Waals surface area contributed by atoms with Crippen LogP contribution in [0.5, 0.6) is 5.75 Å². The maximum Gasteiger partial charge on any atom is 0.234 e. The van der Waals surface area contributed by atoms with Gasteiger partial charge in [0.25, 0.3) is 0 Å². The van der Waals surface area contributed by atoms with Crippen molar-refractivity contribution in [2.75, 3.05) is 33.1 Å². The molecule has 0 bridgehead atoms. The Balaban J connectivity index is 0.000000703. The van der Waals surface area contributed by atoms with Gasteiger partial charge in [-0.15, -0.1) is 11.6 Å². The quantitative estimate of drug-likeness (QED) is 0.0529. The lowest BCUT2D eigenvalue weighted by atomic mass is 9.98. The number of allylic oxidation sites excluding steroid dienone is 4. The summed E-state index contributed by atoms with van der Waals surface area (Å²) in [5, 5.41) is 8.39. The fourth-order valence-electron chi connectivity index (χ4n) is 4.23. The second kappa shape index (κ2) is 25.1. The van der Waals surface area contributed by atoms with Crippen LogP contribution in [0.2, 0.25) is 0 Å². The van der Waals surface area contributed by atoms with Crippen molar-refractivity contribution in [3.63, 3.8) is 0 Å². The lowest BCUT2D eigenvalue weighted by Crippen LogP contribution is -2.33. The number of ether oxygens (including phenoxy) is 1. The number of carbonyl (C=O) groups excluding carboxylic acids is 4. The van der Waals surface area contributed by atoms with Gasteiger partial charge in [0.15, 0.2) is 5.43 Å². The molecule has 4 amide bonds. The Hall–Kier alpha value is -4.03. The second-order valence-electron chi connectivity index (χ2n) is 10.1. The summed E-state index contributed by atoms with van der Waals surface area (Å²) in [6.07, 6.45) is 8.75. The Morgan fingerprint density at radius 1 is 1.17 bits per heavy atom. The number of fused-ring (bicyclic) bond motifs is 1. The van der Waals surface area contributed by atoms with E-state index in [-0.39, 0.29) is 40.9 Å². The van der Waals surface area contributed by atoms with Crippen molar-refractivity contribution in [3.8, 4) is 5.75 Å². The number of aromatic amines is 1. The van der Waals surface area contributed by atoms with E-state index in [1.54, 1.807) is 56.7 Å². The van der Waals surface area contributed by atoms with Crippen LogP contribution in [0.1, 0.15) is 52.1 Å². The number of alkyl halides is 1. The zero-order valence-corrected chi connectivity index (χ0v) is 29.6. The Bertz CT molecular complexity index is 1400. The molecule has 1 aromatic heterocycles. The standard InChI is InChI=1S/C16H15NO2.C11H20ClN3O3.C5H9NOS.C2H6/c1-4-6-11(5-2)14-10-16(18)13-8-7-12(19-3)9-15(13)17-14;1-13-11(18)9(3-2-5-14-8-16)4-6-15-10(17)7-12;1-3-2-4(3)5(7)6-8;1-2/h4-10H,1-2H2,3H3,(H,17,18);8-9H,2-7H2,1H3,(H,13,18)(H,14,16)(H,15,17);3-4,8H,2H2,1H3,(H,6,7);1-2H3/b11-6+;;;. The highest BCUT2D eigenvalue weighted by atomic mass is 35.5. The zero-order chi connectivity index (χ0) is 35.8. The van der Waals surface area contributed by atoms with Crippen LogP contribution >= 0.6 is 24.4 Å². The molecule has 1 saturated carbocycles. The molecule has 3 rings (SSSR count). The van der Waals surface area contributed by atoms with Gasteiger partial charge in [0, 0.05) is 55.2 Å². The highest BCUT2D eigenvalue weighted by molar-refractivity contribution is 7.78. The van der Waals surface area contributed by atoms with Crippen LogP contribution in [0.15, 0.2) is 60.4 Å². The first kappa shape index (κ1) is 43.0. The van der Waals surface area contributed by atoms with Crippen LogP contribution in [0.4, 0.5) is 0 Å². The number of hydrogen-bond acceptors (Lipinski definition) is 7. The molecule has 1 aliphatic carbocycles. The highest BCUT2D eigenvalue weighted by Gasteiger charge is 2.38. The number of nitrogens with one attached hydrogen (secondary N) is 5. The van der Waals surface area contributed by atoms with Gasteiger partial charge in [-0.2, -0.15) is 0 Å². The summed E-state index contributed by atoms with van der Waals surface area (Å²) >= 11 is 8.98. The summed E-state index contributed by atoms with van der Waals surface area (Å²) in [5.41, 5.74) is 2.22. The van der Waals surface area contributed by atoms with Crippen molar-refractivity contribution < 1.29 is 23.9 Å². The SMILES string of the molecule is C=C/C=C(\C=C)c1cc(=O)c2ccc(OC)cc2[nH]1.CC.CC1CC1C(=O)NS.CNC(=O)C(CCCNC=O)CCNC(=O)CCl. The topological polar surface area (TPSA) is 158 Å². The molecule has 0 spiro atoms. The Morgan fingerprint density at radius 2 is 1.85 bits per heavy atom. The van der Waals surface area contributed by atoms with Gasteiger partial charge >= 0.3 is 0 Å². The van der Waals surface area contributed by atoms with E-state index in [1.807, 2.05) is 13.8 Å². The van der Waals surface area contributed by atoms with Gasteiger partial charge in [-0.1, -0.05) is 65.0 Å². The van der Waals surface area contributed by atoms with E-state index in [0.717, 1.165) is 23.9 Å². The molecular formula is C34H50ClN5O6S. The number of benzene rings is 1. The number of aromatic nitrogens is 1. The van der Waals surface area contributed by atoms with Gasteiger partial charge in [-0.05, 0) is 49.3 Å². The number of H-pyrrole nitrogens is 1. The number of pyridine rings is 1. The first-order chi connectivity index (χ1) is 22.6. The molecule has 0 radical (unpaired) electrons. The molecule has 13 heteroatoms. The molecule has 0 saturated heterocycles. The highest BCUT2D eigenvalue weighted by Crippen LogP contribution is 2.37. The van der Waals surface area contributed by atoms with Gasteiger partial charge in [0.05, 0.1) is 12.6 Å². The van der Waals surface area contributed by atoms with E-state index in [4.69, 9.17) is 16.3 Å². The van der Waals surface area contributed by atoms with Crippen LogP contribution in [0, 0.1) is 17.8 Å². The second-order valence-corrected chi connectivity index (χ2v) is 10.6. The summed E-state index contributed by atoms with van der Waals surface area (Å²) in [5.74, 6) is 1.08. The fraction of sp³-hybridized carbons (Fsp3) is 0.441. The van der Waals surface area contributed by atoms with Crippen molar-refractivity contribution in [1.29, 1.82) is 0 Å². The van der Waals surface area contributed by atoms with Gasteiger partial charge in [0.2, 0.25) is 24.1 Å². The number of amides is 4. The molecule has 1 heterocycles. The normalized spacial score (nSPS) is 14.9. The number of carbonyl (C=O) groups is 4. The largest absolute Gasteiger partial charge is 0.497 e. The molecular weight excluding hydrogens is 642 g/mol. The third-order valence-electron chi connectivity index (χ3n) is 6.93. The lowest BCUT2D eigenvalue weighted by molar-refractivity contribution is -0.125. The summed E-state index contributed by atoms with van der Waals surface area (Å²) in [6, 6.07) is 6.88. The minimum absolute atomic E-state index is 0.0387. The molecule has 11 nitrogen and oxygen atoms in total. The van der Waals surface area contributed by atoms with Crippen LogP contribution in [-0.2, 0) is 19.2 Å². The van der Waals surface area contributed by atoms with E-state index in [0.29, 0.717) is 55.1 Å². The lowest BCUT2D eigenvalue weighted by Gasteiger charge is -2.15. The van der Waals surface area contributed by atoms with Crippen molar-refractivity contribution in [2.45, 2.75) is 46.5 Å². The van der Waals surface area contributed by atoms with E-state index in [1.165, 1.54) is 0 Å². The maximum absolute atomic E-state index is 12.1.